The fraction of sp³-hybridized carbons (Fsp3) is 0.941. The Morgan fingerprint density at radius 1 is 1.32 bits per heavy atom. The van der Waals surface area contributed by atoms with Crippen LogP contribution in [0.3, 0.4) is 0 Å². The molecule has 0 N–H and O–H groups in total. The molecule has 0 aromatic carbocycles. The molecule has 2 aliphatic rings. The average Bonchev–Trinajstić information content (AvgIpc) is 2.85. The van der Waals surface area contributed by atoms with E-state index in [0.717, 1.165) is 25.5 Å². The first-order chi connectivity index (χ1) is 11.2. The van der Waals surface area contributed by atoms with E-state index < -0.39 is 0 Å². The van der Waals surface area contributed by atoms with E-state index >= 15 is 0 Å². The lowest BCUT2D eigenvalue weighted by molar-refractivity contribution is -0.109. The molecule has 0 bridgehead atoms. The van der Waals surface area contributed by atoms with Crippen molar-refractivity contribution >= 4 is 25.2 Å². The summed E-state index contributed by atoms with van der Waals surface area (Å²) >= 11 is 0. The number of hydrogen-bond acceptors (Lipinski definition) is 3. The molecule has 0 aliphatic heterocycles. The molecule has 2 rings (SSSR count). The third-order valence-electron chi connectivity index (χ3n) is 6.02. The van der Waals surface area contributed by atoms with Gasteiger partial charge in [-0.2, -0.15) is 0 Å². The molecule has 2 saturated carbocycles. The number of aldehydes is 1. The third kappa shape index (κ3) is 4.73. The molecule has 0 amide bonds. The molecule has 128 valence electrons. The monoisotopic (exact) mass is 348 g/mol. The maximum Gasteiger partial charge on any atom is 0.120 e. The van der Waals surface area contributed by atoms with Gasteiger partial charge in [-0.3, -0.25) is 0 Å². The topological polar surface area (TPSA) is 35.5 Å². The van der Waals surface area contributed by atoms with Gasteiger partial charge >= 0.3 is 0 Å². The fourth-order valence-corrected chi connectivity index (χ4v) is 5.37. The first kappa shape index (κ1) is 17.3. The highest BCUT2D eigenvalue weighted by molar-refractivity contribution is 7.10. The van der Waals surface area contributed by atoms with Crippen LogP contribution in [0.5, 0.6) is 0 Å². The van der Waals surface area contributed by atoms with E-state index in [1.165, 1.54) is 32.1 Å². The van der Waals surface area contributed by atoms with Gasteiger partial charge in [-0.25, -0.2) is 0 Å². The van der Waals surface area contributed by atoms with Gasteiger partial charge in [0.15, 0.2) is 0 Å². The van der Waals surface area contributed by atoms with E-state index in [0.29, 0.717) is 36.2 Å². The van der Waals surface area contributed by atoms with Crippen LogP contribution >= 0.6 is 18.9 Å². The lowest BCUT2D eigenvalue weighted by Crippen LogP contribution is -2.27. The van der Waals surface area contributed by atoms with Gasteiger partial charge in [-0.05, 0) is 55.8 Å². The van der Waals surface area contributed by atoms with Gasteiger partial charge < -0.3 is 13.8 Å². The molecule has 7 atom stereocenters. The Balaban J connectivity index is 1.94. The van der Waals surface area contributed by atoms with Crippen molar-refractivity contribution in [3.05, 3.63) is 0 Å². The van der Waals surface area contributed by atoms with Crippen molar-refractivity contribution in [2.75, 3.05) is 0 Å². The van der Waals surface area contributed by atoms with E-state index in [1.807, 2.05) is 0 Å². The van der Waals surface area contributed by atoms with Crippen LogP contribution in [0, 0.1) is 23.7 Å². The summed E-state index contributed by atoms with van der Waals surface area (Å²) in [5.74, 6) is 2.00. The van der Waals surface area contributed by atoms with Crippen LogP contribution < -0.4 is 0 Å². The smallest absolute Gasteiger partial charge is 0.120 e. The predicted octanol–water partition coefficient (Wildman–Crippen LogP) is 4.56. The number of carbonyl (C=O) groups is 1. The minimum Gasteiger partial charge on any atom is -0.362 e. The normalized spacial score (nSPS) is 35.8. The van der Waals surface area contributed by atoms with Crippen molar-refractivity contribution in [1.29, 1.82) is 1.28 Å². The molecule has 0 aromatic heterocycles. The molecule has 0 heterocycles. The zero-order valence-corrected chi connectivity index (χ0v) is 15.9. The largest absolute Gasteiger partial charge is 0.362 e. The van der Waals surface area contributed by atoms with Crippen LogP contribution in [0.1, 0.15) is 64.7 Å². The molecule has 0 radical (unpaired) electrons. The van der Waals surface area contributed by atoms with Crippen molar-refractivity contribution in [2.24, 2.45) is 23.7 Å². The summed E-state index contributed by atoms with van der Waals surface area (Å²) in [6.07, 6.45) is 11.8. The Bertz CT molecular complexity index is 353. The lowest BCUT2D eigenvalue weighted by atomic mass is 9.80. The summed E-state index contributed by atoms with van der Waals surface area (Å²) in [5.41, 5.74) is 0. The van der Waals surface area contributed by atoms with Gasteiger partial charge in [-0.15, -0.1) is 0 Å². The quantitative estimate of drug-likeness (QED) is 0.453. The predicted molar refractivity (Wildman–Crippen MR) is 96.4 cm³/mol. The first-order valence-corrected chi connectivity index (χ1v) is 9.70. The van der Waals surface area contributed by atoms with Crippen molar-refractivity contribution < 1.29 is 13.8 Å². The molecule has 22 heavy (non-hydrogen) atoms. The van der Waals surface area contributed by atoms with E-state index in [2.05, 4.69) is 16.4 Å². The van der Waals surface area contributed by atoms with E-state index in [9.17, 15) is 4.79 Å². The molecule has 0 saturated heterocycles. The van der Waals surface area contributed by atoms with Gasteiger partial charge in [0, 0.05) is 25.3 Å². The summed E-state index contributed by atoms with van der Waals surface area (Å²) in [6.45, 7) is 2.22. The Kier molecular flexibility index (Phi) is 7.60. The third-order valence-corrected chi connectivity index (χ3v) is 6.67. The standard InChI is InChI=1S/C17H32O3P2/c1-12-11-17(20-22)15(14(12)9-10-18)7-8-16(19-21)13-5-3-2-4-6-13/h10,12-17H,2-9,11,21-22H2,1H3/t12-,14-,15+,16+,17+/m0/s1/i22T/t12-,14-,15+,16+,17+,22?. The lowest BCUT2D eigenvalue weighted by Gasteiger charge is -2.31. The Hall–Kier alpha value is 0.450. The molecule has 0 aromatic rings. The van der Waals surface area contributed by atoms with Crippen LogP contribution in [0.4, 0.5) is 0 Å². The summed E-state index contributed by atoms with van der Waals surface area (Å²) in [6, 6.07) is 0. The SMILES string of the molecule is [3H]PO[C@@H]1C[C@H](C)[C@H](CC=O)[C@H]1CC[C@@H](OP)C1CCCCC1. The van der Waals surface area contributed by atoms with Crippen LogP contribution in [-0.4, -0.2) is 19.8 Å². The second kappa shape index (κ2) is 9.67. The number of hydrogen-bond donors (Lipinski definition) is 0. The molecule has 2 aliphatic carbocycles. The van der Waals surface area contributed by atoms with E-state index in [4.69, 9.17) is 10.3 Å². The van der Waals surface area contributed by atoms with Crippen LogP contribution in [0.15, 0.2) is 0 Å². The Morgan fingerprint density at radius 3 is 2.73 bits per heavy atom. The highest BCUT2D eigenvalue weighted by atomic mass is 31.0. The fourth-order valence-electron chi connectivity index (χ4n) is 4.74. The maximum atomic E-state index is 11.1. The summed E-state index contributed by atoms with van der Waals surface area (Å²) in [5, 5.41) is 0. The minimum absolute atomic E-state index is 0.155. The zero-order valence-electron chi connectivity index (χ0n) is 14.7. The summed E-state index contributed by atoms with van der Waals surface area (Å²) < 4.78 is 18.9. The van der Waals surface area contributed by atoms with Crippen molar-refractivity contribution in [1.82, 2.24) is 0 Å². The molecule has 2 fully saturated rings. The van der Waals surface area contributed by atoms with Crippen molar-refractivity contribution in [3.8, 4) is 0 Å². The molecular weight excluding hydrogens is 314 g/mol. The second-order valence-corrected chi connectivity index (χ2v) is 7.76. The van der Waals surface area contributed by atoms with Gasteiger partial charge in [0.2, 0.25) is 0 Å². The highest BCUT2D eigenvalue weighted by Gasteiger charge is 2.41. The second-order valence-electron chi connectivity index (χ2n) is 7.25. The number of rotatable bonds is 9. The average molecular weight is 348 g/mol. The van der Waals surface area contributed by atoms with Gasteiger partial charge in [0.05, 0.1) is 13.5 Å². The maximum absolute atomic E-state index is 11.1. The molecule has 5 heteroatoms. The number of carbonyl (C=O) groups excluding carboxylic acids is 1. The van der Waals surface area contributed by atoms with Crippen LogP contribution in [0.2, 0.25) is 0 Å². The summed E-state index contributed by atoms with van der Waals surface area (Å²) in [4.78, 5) is 11.1. The first-order valence-electron chi connectivity index (χ1n) is 9.32. The zero-order chi connectivity index (χ0) is 16.7. The van der Waals surface area contributed by atoms with E-state index in [-0.39, 0.29) is 15.5 Å². The van der Waals surface area contributed by atoms with Crippen LogP contribution in [-0.2, 0) is 13.8 Å². The van der Waals surface area contributed by atoms with Crippen molar-refractivity contribution in [3.63, 3.8) is 0 Å². The van der Waals surface area contributed by atoms with Crippen LogP contribution in [0.25, 0.3) is 0 Å². The van der Waals surface area contributed by atoms with Crippen molar-refractivity contribution in [2.45, 2.75) is 76.9 Å². The van der Waals surface area contributed by atoms with E-state index in [1.54, 1.807) is 0 Å². The van der Waals surface area contributed by atoms with Gasteiger partial charge in [0.1, 0.15) is 6.29 Å². The molecular formula is C17H32O3P2. The van der Waals surface area contributed by atoms with Gasteiger partial charge in [-0.1, -0.05) is 26.2 Å². The van der Waals surface area contributed by atoms with Gasteiger partial charge in [0.25, 0.3) is 0 Å². The molecule has 3 nitrogen and oxygen atoms in total. The Morgan fingerprint density at radius 2 is 2.09 bits per heavy atom. The molecule has 2 unspecified atom stereocenters. The highest BCUT2D eigenvalue weighted by Crippen LogP contribution is 2.44. The summed E-state index contributed by atoms with van der Waals surface area (Å²) in [7, 11) is 2.26. The Labute approximate surface area is 141 Å². The minimum atomic E-state index is -0.211. The molecule has 0 spiro atoms.